The van der Waals surface area contributed by atoms with Crippen molar-refractivity contribution in [2.24, 2.45) is 0 Å². The molecule has 3 nitrogen and oxygen atoms in total. The highest BCUT2D eigenvalue weighted by molar-refractivity contribution is 5.76. The van der Waals surface area contributed by atoms with E-state index in [2.05, 4.69) is 5.32 Å². The maximum Gasteiger partial charge on any atom is 0.220 e. The third-order valence-electron chi connectivity index (χ3n) is 3.62. The smallest absolute Gasteiger partial charge is 0.220 e. The van der Waals surface area contributed by atoms with Gasteiger partial charge in [0.15, 0.2) is 0 Å². The van der Waals surface area contributed by atoms with Crippen molar-refractivity contribution < 1.29 is 13.9 Å². The number of hydrogen-bond donors (Lipinski definition) is 1. The lowest BCUT2D eigenvalue weighted by molar-refractivity contribution is -0.121. The van der Waals surface area contributed by atoms with E-state index in [0.717, 1.165) is 16.9 Å². The highest BCUT2D eigenvalue weighted by atomic mass is 19.1. The highest BCUT2D eigenvalue weighted by Crippen LogP contribution is 2.19. The molecule has 0 aromatic heterocycles. The third kappa shape index (κ3) is 5.09. The second-order valence-electron chi connectivity index (χ2n) is 5.40. The fraction of sp³-hybridized carbons (Fsp3) is 0.316. The molecule has 0 radical (unpaired) electrons. The first-order valence-corrected chi connectivity index (χ1v) is 7.82. The van der Waals surface area contributed by atoms with Gasteiger partial charge in [0.1, 0.15) is 11.6 Å². The number of rotatable bonds is 7. The van der Waals surface area contributed by atoms with Gasteiger partial charge in [0.2, 0.25) is 5.91 Å². The van der Waals surface area contributed by atoms with Gasteiger partial charge in [0, 0.05) is 13.0 Å². The van der Waals surface area contributed by atoms with Gasteiger partial charge in [-0.25, -0.2) is 4.39 Å². The van der Waals surface area contributed by atoms with Gasteiger partial charge in [-0.1, -0.05) is 30.3 Å². The molecule has 1 N–H and O–H groups in total. The van der Waals surface area contributed by atoms with Crippen LogP contribution in [0.1, 0.15) is 30.0 Å². The maximum atomic E-state index is 13.5. The zero-order valence-corrected chi connectivity index (χ0v) is 13.6. The molecule has 23 heavy (non-hydrogen) atoms. The standard InChI is InChI=1S/C19H22FNO2/c1-3-23-18-7-5-4-6-16(18)10-11-19(22)21-13-15-9-8-14(2)17(20)12-15/h4-9,12H,3,10-11,13H2,1-2H3,(H,21,22). The molecular formula is C19H22FNO2. The van der Waals surface area contributed by atoms with Crippen LogP contribution in [-0.2, 0) is 17.8 Å². The van der Waals surface area contributed by atoms with Crippen LogP contribution >= 0.6 is 0 Å². The molecule has 122 valence electrons. The molecule has 2 rings (SSSR count). The Hall–Kier alpha value is -2.36. The van der Waals surface area contributed by atoms with Crippen LogP contribution in [0, 0.1) is 12.7 Å². The number of hydrogen-bond acceptors (Lipinski definition) is 2. The summed E-state index contributed by atoms with van der Waals surface area (Å²) in [5, 5.41) is 2.82. The van der Waals surface area contributed by atoms with Crippen molar-refractivity contribution in [3.63, 3.8) is 0 Å². The number of aryl methyl sites for hydroxylation is 2. The molecule has 0 aliphatic carbocycles. The summed E-state index contributed by atoms with van der Waals surface area (Å²) in [7, 11) is 0. The van der Waals surface area contributed by atoms with Crippen LogP contribution in [0.5, 0.6) is 5.75 Å². The number of ether oxygens (including phenoxy) is 1. The van der Waals surface area contributed by atoms with E-state index in [-0.39, 0.29) is 11.7 Å². The predicted molar refractivity (Wildman–Crippen MR) is 88.9 cm³/mol. The van der Waals surface area contributed by atoms with Gasteiger partial charge in [0.05, 0.1) is 6.61 Å². The first kappa shape index (κ1) is 17.0. The van der Waals surface area contributed by atoms with E-state index >= 15 is 0 Å². The first-order valence-electron chi connectivity index (χ1n) is 7.82. The molecule has 2 aromatic carbocycles. The molecule has 0 aliphatic rings. The highest BCUT2D eigenvalue weighted by Gasteiger charge is 2.07. The summed E-state index contributed by atoms with van der Waals surface area (Å²) in [6, 6.07) is 12.7. The van der Waals surface area contributed by atoms with Crippen LogP contribution in [-0.4, -0.2) is 12.5 Å². The molecule has 4 heteroatoms. The van der Waals surface area contributed by atoms with Crippen molar-refractivity contribution in [2.45, 2.75) is 33.2 Å². The van der Waals surface area contributed by atoms with E-state index in [4.69, 9.17) is 4.74 Å². The Kier molecular flexibility index (Phi) is 6.15. The Bertz CT molecular complexity index is 670. The van der Waals surface area contributed by atoms with Gasteiger partial charge in [-0.15, -0.1) is 0 Å². The van der Waals surface area contributed by atoms with Crippen LogP contribution in [0.15, 0.2) is 42.5 Å². The average Bonchev–Trinajstić information content (AvgIpc) is 2.55. The minimum Gasteiger partial charge on any atom is -0.494 e. The van der Waals surface area contributed by atoms with Crippen LogP contribution in [0.25, 0.3) is 0 Å². The van der Waals surface area contributed by atoms with Gasteiger partial charge in [-0.3, -0.25) is 4.79 Å². The topological polar surface area (TPSA) is 38.3 Å². The molecule has 0 saturated heterocycles. The van der Waals surface area contributed by atoms with E-state index in [1.54, 1.807) is 13.0 Å². The van der Waals surface area contributed by atoms with Crippen molar-refractivity contribution in [3.05, 3.63) is 65.0 Å². The second kappa shape index (κ2) is 8.32. The Labute approximate surface area is 136 Å². The van der Waals surface area contributed by atoms with Crippen molar-refractivity contribution in [1.82, 2.24) is 5.32 Å². The zero-order chi connectivity index (χ0) is 16.7. The Morgan fingerprint density at radius 1 is 1.22 bits per heavy atom. The zero-order valence-electron chi connectivity index (χ0n) is 13.6. The maximum absolute atomic E-state index is 13.5. The Balaban J connectivity index is 1.84. The summed E-state index contributed by atoms with van der Waals surface area (Å²) in [6.07, 6.45) is 0.989. The summed E-state index contributed by atoms with van der Waals surface area (Å²) in [5.74, 6) is 0.517. The molecule has 0 unspecified atom stereocenters. The predicted octanol–water partition coefficient (Wildman–Crippen LogP) is 3.78. The van der Waals surface area contributed by atoms with Gasteiger partial charge in [-0.05, 0) is 49.1 Å². The fourth-order valence-corrected chi connectivity index (χ4v) is 2.29. The summed E-state index contributed by atoms with van der Waals surface area (Å²) in [6.45, 7) is 4.59. The normalized spacial score (nSPS) is 10.4. The summed E-state index contributed by atoms with van der Waals surface area (Å²) < 4.78 is 19.0. The molecule has 1 amide bonds. The van der Waals surface area contributed by atoms with Gasteiger partial charge >= 0.3 is 0 Å². The summed E-state index contributed by atoms with van der Waals surface area (Å²) >= 11 is 0. The lowest BCUT2D eigenvalue weighted by Crippen LogP contribution is -2.23. The molecule has 0 bridgehead atoms. The average molecular weight is 315 g/mol. The molecule has 0 spiro atoms. The van der Waals surface area contributed by atoms with Crippen LogP contribution in [0.3, 0.4) is 0 Å². The van der Waals surface area contributed by atoms with E-state index in [1.807, 2.05) is 37.3 Å². The monoisotopic (exact) mass is 315 g/mol. The minimum atomic E-state index is -0.248. The number of nitrogens with one attached hydrogen (secondary N) is 1. The lowest BCUT2D eigenvalue weighted by atomic mass is 10.1. The number of carbonyl (C=O) groups excluding carboxylic acids is 1. The van der Waals surface area contributed by atoms with Crippen molar-refractivity contribution in [1.29, 1.82) is 0 Å². The third-order valence-corrected chi connectivity index (χ3v) is 3.62. The molecule has 0 fully saturated rings. The molecule has 0 atom stereocenters. The molecule has 2 aromatic rings. The molecule has 0 aliphatic heterocycles. The van der Waals surface area contributed by atoms with E-state index in [0.29, 0.717) is 31.6 Å². The van der Waals surface area contributed by atoms with Gasteiger partial charge in [0.25, 0.3) is 0 Å². The lowest BCUT2D eigenvalue weighted by Gasteiger charge is -2.10. The summed E-state index contributed by atoms with van der Waals surface area (Å²) in [4.78, 5) is 12.0. The van der Waals surface area contributed by atoms with Gasteiger partial charge < -0.3 is 10.1 Å². The van der Waals surface area contributed by atoms with Gasteiger partial charge in [-0.2, -0.15) is 0 Å². The van der Waals surface area contributed by atoms with E-state index in [1.165, 1.54) is 6.07 Å². The quantitative estimate of drug-likeness (QED) is 0.844. The number of benzene rings is 2. The Morgan fingerprint density at radius 3 is 2.74 bits per heavy atom. The largest absolute Gasteiger partial charge is 0.494 e. The number of para-hydroxylation sites is 1. The first-order chi connectivity index (χ1) is 11.1. The number of amides is 1. The van der Waals surface area contributed by atoms with E-state index in [9.17, 15) is 9.18 Å². The van der Waals surface area contributed by atoms with Crippen molar-refractivity contribution in [3.8, 4) is 5.75 Å². The fourth-order valence-electron chi connectivity index (χ4n) is 2.29. The van der Waals surface area contributed by atoms with Crippen molar-refractivity contribution >= 4 is 5.91 Å². The molecular weight excluding hydrogens is 293 g/mol. The minimum absolute atomic E-state index is 0.0581. The summed E-state index contributed by atoms with van der Waals surface area (Å²) in [5.41, 5.74) is 2.38. The Morgan fingerprint density at radius 2 is 2.00 bits per heavy atom. The van der Waals surface area contributed by atoms with Crippen molar-refractivity contribution in [2.75, 3.05) is 6.61 Å². The van der Waals surface area contributed by atoms with Crippen LogP contribution in [0.4, 0.5) is 4.39 Å². The SMILES string of the molecule is CCOc1ccccc1CCC(=O)NCc1ccc(C)c(F)c1. The van der Waals surface area contributed by atoms with Crippen LogP contribution in [0.2, 0.25) is 0 Å². The van der Waals surface area contributed by atoms with Crippen LogP contribution < -0.4 is 10.1 Å². The number of halogens is 1. The molecule has 0 heterocycles. The number of carbonyl (C=O) groups is 1. The second-order valence-corrected chi connectivity index (χ2v) is 5.40. The molecule has 0 saturated carbocycles. The van der Waals surface area contributed by atoms with E-state index < -0.39 is 0 Å².